The molecule has 76 valence electrons. The van der Waals surface area contributed by atoms with Crippen molar-refractivity contribution in [1.82, 2.24) is 0 Å². The lowest BCUT2D eigenvalue weighted by Crippen LogP contribution is -2.29. The molecule has 0 spiro atoms. The van der Waals surface area contributed by atoms with Gasteiger partial charge in [-0.15, -0.1) is 0 Å². The molecule has 3 nitrogen and oxygen atoms in total. The molecule has 5 heteroatoms. The summed E-state index contributed by atoms with van der Waals surface area (Å²) >= 11 is 3.26. The highest BCUT2D eigenvalue weighted by atomic mass is 79.9. The Balaban J connectivity index is 2.47. The summed E-state index contributed by atoms with van der Waals surface area (Å²) in [5.74, 6) is 0. The molecule has 0 aromatic heterocycles. The van der Waals surface area contributed by atoms with Gasteiger partial charge < -0.3 is 14.8 Å². The zero-order chi connectivity index (χ0) is 10.4. The molecular weight excluding hydrogens is 247 g/mol. The van der Waals surface area contributed by atoms with E-state index in [9.17, 15) is 0 Å². The molecule has 0 bridgehead atoms. The smallest absolute Gasteiger partial charge is 0.423 e. The molecule has 1 rings (SSSR count). The fourth-order valence-corrected chi connectivity index (χ4v) is 1.26. The van der Waals surface area contributed by atoms with Crippen LogP contribution in [-0.4, -0.2) is 29.1 Å². The second-order valence-electron chi connectivity index (χ2n) is 2.86. The molecule has 0 fully saturated rings. The molecule has 0 radical (unpaired) electrons. The fraction of sp³-hybridized carbons (Fsp3) is 0.333. The Bertz CT molecular complexity index is 263. The maximum atomic E-state index is 8.85. The van der Waals surface area contributed by atoms with E-state index in [0.717, 1.165) is 10.9 Å². The number of hydrogen-bond acceptors (Lipinski definition) is 3. The van der Waals surface area contributed by atoms with E-state index in [0.29, 0.717) is 18.7 Å². The van der Waals surface area contributed by atoms with Gasteiger partial charge in [0.15, 0.2) is 0 Å². The lowest BCUT2D eigenvalue weighted by atomic mass is 9.80. The van der Waals surface area contributed by atoms with Gasteiger partial charge >= 0.3 is 7.12 Å². The summed E-state index contributed by atoms with van der Waals surface area (Å²) < 4.78 is 5.30. The Labute approximate surface area is 92.0 Å². The van der Waals surface area contributed by atoms with Crippen molar-refractivity contribution in [2.24, 2.45) is 0 Å². The van der Waals surface area contributed by atoms with Gasteiger partial charge in [0.25, 0.3) is 0 Å². The average Bonchev–Trinajstić information content (AvgIpc) is 2.19. The highest BCUT2D eigenvalue weighted by molar-refractivity contribution is 9.09. The Hall–Kier alpha value is -0.355. The lowest BCUT2D eigenvalue weighted by Gasteiger charge is -2.03. The first kappa shape index (κ1) is 11.7. The number of rotatable bonds is 5. The van der Waals surface area contributed by atoms with Crippen LogP contribution in [0.4, 0.5) is 0 Å². The zero-order valence-electron chi connectivity index (χ0n) is 7.69. The molecule has 0 aliphatic heterocycles. The van der Waals surface area contributed by atoms with Crippen LogP contribution in [0.5, 0.6) is 0 Å². The maximum Gasteiger partial charge on any atom is 0.488 e. The normalized spacial score (nSPS) is 10.2. The van der Waals surface area contributed by atoms with Gasteiger partial charge in [0.1, 0.15) is 0 Å². The average molecular weight is 259 g/mol. The molecule has 1 aromatic rings. The van der Waals surface area contributed by atoms with Crippen LogP contribution in [0.2, 0.25) is 0 Å². The third-order valence-electron chi connectivity index (χ3n) is 1.77. The molecule has 0 saturated heterocycles. The van der Waals surface area contributed by atoms with Crippen molar-refractivity contribution in [2.45, 2.75) is 6.61 Å². The first-order chi connectivity index (χ1) is 6.74. The fourth-order valence-electron chi connectivity index (χ4n) is 1.03. The highest BCUT2D eigenvalue weighted by Gasteiger charge is 2.09. The van der Waals surface area contributed by atoms with E-state index in [1.807, 2.05) is 12.1 Å². The van der Waals surface area contributed by atoms with Crippen molar-refractivity contribution in [3.63, 3.8) is 0 Å². The van der Waals surface area contributed by atoms with Crippen LogP contribution in [0.3, 0.4) is 0 Å². The van der Waals surface area contributed by atoms with Crippen molar-refractivity contribution >= 4 is 28.5 Å². The largest absolute Gasteiger partial charge is 0.488 e. The Morgan fingerprint density at radius 3 is 2.36 bits per heavy atom. The molecule has 0 saturated carbocycles. The summed E-state index contributed by atoms with van der Waals surface area (Å²) in [6, 6.07) is 7.00. The van der Waals surface area contributed by atoms with Crippen molar-refractivity contribution in [3.05, 3.63) is 29.8 Å². The van der Waals surface area contributed by atoms with E-state index >= 15 is 0 Å². The predicted octanol–water partition coefficient (Wildman–Crippen LogP) is 0.278. The maximum absolute atomic E-state index is 8.85. The number of hydrogen-bond donors (Lipinski definition) is 2. The minimum Gasteiger partial charge on any atom is -0.423 e. The number of ether oxygens (including phenoxy) is 1. The first-order valence-electron chi connectivity index (χ1n) is 4.32. The van der Waals surface area contributed by atoms with Gasteiger partial charge in [-0.25, -0.2) is 0 Å². The monoisotopic (exact) mass is 258 g/mol. The number of benzene rings is 1. The lowest BCUT2D eigenvalue weighted by molar-refractivity contribution is 0.137. The Kier molecular flexibility index (Phi) is 5.18. The van der Waals surface area contributed by atoms with Crippen LogP contribution in [0.1, 0.15) is 5.56 Å². The molecular formula is C9H12BBrO3. The molecule has 0 aliphatic carbocycles. The van der Waals surface area contributed by atoms with Gasteiger partial charge in [0, 0.05) is 5.33 Å². The van der Waals surface area contributed by atoms with Crippen molar-refractivity contribution < 1.29 is 14.8 Å². The Morgan fingerprint density at radius 2 is 1.86 bits per heavy atom. The van der Waals surface area contributed by atoms with E-state index in [4.69, 9.17) is 14.8 Å². The van der Waals surface area contributed by atoms with Crippen molar-refractivity contribution in [1.29, 1.82) is 0 Å². The van der Waals surface area contributed by atoms with Crippen LogP contribution in [-0.2, 0) is 11.3 Å². The van der Waals surface area contributed by atoms with Gasteiger partial charge in [0.05, 0.1) is 13.2 Å². The molecule has 0 aliphatic rings. The van der Waals surface area contributed by atoms with Crippen LogP contribution < -0.4 is 5.46 Å². The highest BCUT2D eigenvalue weighted by Crippen LogP contribution is 2.00. The Morgan fingerprint density at radius 1 is 1.21 bits per heavy atom. The minimum absolute atomic E-state index is 0.495. The summed E-state index contributed by atoms with van der Waals surface area (Å²) in [5, 5.41) is 18.5. The second-order valence-corrected chi connectivity index (χ2v) is 3.65. The molecule has 0 unspecified atom stereocenters. The van der Waals surface area contributed by atoms with Crippen molar-refractivity contribution in [2.75, 3.05) is 11.9 Å². The second kappa shape index (κ2) is 6.19. The van der Waals surface area contributed by atoms with E-state index in [1.165, 1.54) is 0 Å². The van der Waals surface area contributed by atoms with Gasteiger partial charge in [-0.2, -0.15) is 0 Å². The van der Waals surface area contributed by atoms with Crippen LogP contribution in [0, 0.1) is 0 Å². The van der Waals surface area contributed by atoms with E-state index in [2.05, 4.69) is 15.9 Å². The van der Waals surface area contributed by atoms with Gasteiger partial charge in [0.2, 0.25) is 0 Å². The molecule has 0 atom stereocenters. The van der Waals surface area contributed by atoms with Gasteiger partial charge in [-0.05, 0) is 11.0 Å². The first-order valence-corrected chi connectivity index (χ1v) is 5.45. The quantitative estimate of drug-likeness (QED) is 0.453. The predicted molar refractivity (Wildman–Crippen MR) is 59.7 cm³/mol. The summed E-state index contributed by atoms with van der Waals surface area (Å²) in [4.78, 5) is 0. The van der Waals surface area contributed by atoms with Gasteiger partial charge in [-0.1, -0.05) is 40.2 Å². The molecule has 1 aromatic carbocycles. The summed E-state index contributed by atoms with van der Waals surface area (Å²) in [6.45, 7) is 1.22. The van der Waals surface area contributed by atoms with E-state index in [1.54, 1.807) is 12.1 Å². The van der Waals surface area contributed by atoms with Crippen LogP contribution >= 0.6 is 15.9 Å². The third kappa shape index (κ3) is 3.80. The summed E-state index contributed by atoms with van der Waals surface area (Å²) in [7, 11) is -1.40. The summed E-state index contributed by atoms with van der Waals surface area (Å²) in [6.07, 6.45) is 0. The molecule has 0 heterocycles. The standard InChI is InChI=1S/C9H12BBrO3/c11-5-6-14-7-8-1-3-9(4-2-8)10(12)13/h1-4,12-13H,5-7H2. The third-order valence-corrected chi connectivity index (χ3v) is 2.09. The van der Waals surface area contributed by atoms with Crippen LogP contribution in [0.15, 0.2) is 24.3 Å². The molecule has 0 amide bonds. The number of halogens is 1. The molecule has 14 heavy (non-hydrogen) atoms. The molecule has 2 N–H and O–H groups in total. The summed E-state index contributed by atoms with van der Waals surface area (Å²) in [5.41, 5.74) is 1.52. The zero-order valence-corrected chi connectivity index (χ0v) is 9.27. The van der Waals surface area contributed by atoms with E-state index < -0.39 is 7.12 Å². The SMILES string of the molecule is OB(O)c1ccc(COCCBr)cc1. The van der Waals surface area contributed by atoms with Crippen molar-refractivity contribution in [3.8, 4) is 0 Å². The minimum atomic E-state index is -1.40. The van der Waals surface area contributed by atoms with Crippen LogP contribution in [0.25, 0.3) is 0 Å². The van der Waals surface area contributed by atoms with Gasteiger partial charge in [-0.3, -0.25) is 0 Å². The topological polar surface area (TPSA) is 49.7 Å². The number of alkyl halides is 1. The van der Waals surface area contributed by atoms with E-state index in [-0.39, 0.29) is 0 Å².